The zero-order valence-electron chi connectivity index (χ0n) is 16.9. The Balaban J connectivity index is 1.47. The number of rotatable bonds is 6. The average molecular weight is 389 g/mol. The second kappa shape index (κ2) is 9.21. The Bertz CT molecular complexity index is 940. The number of benzene rings is 2. The summed E-state index contributed by atoms with van der Waals surface area (Å²) in [6, 6.07) is 22.7. The molecule has 1 saturated heterocycles. The minimum Gasteiger partial charge on any atom is -0.497 e. The summed E-state index contributed by atoms with van der Waals surface area (Å²) in [6.07, 6.45) is 2.36. The Labute approximate surface area is 172 Å². The number of pyridine rings is 1. The van der Waals surface area contributed by atoms with E-state index in [0.29, 0.717) is 5.92 Å². The molecule has 0 saturated carbocycles. The van der Waals surface area contributed by atoms with Crippen molar-refractivity contribution in [3.05, 3.63) is 83.6 Å². The minimum atomic E-state index is 0.0521. The highest BCUT2D eigenvalue weighted by atomic mass is 16.5. The van der Waals surface area contributed by atoms with Crippen molar-refractivity contribution < 1.29 is 9.84 Å². The van der Waals surface area contributed by atoms with Crippen LogP contribution in [0.25, 0.3) is 11.3 Å². The third kappa shape index (κ3) is 4.84. The maximum atomic E-state index is 9.41. The maximum Gasteiger partial charge on any atom is 0.118 e. The van der Waals surface area contributed by atoms with Crippen LogP contribution in [-0.2, 0) is 13.2 Å². The van der Waals surface area contributed by atoms with Crippen molar-refractivity contribution in [1.82, 2.24) is 9.88 Å². The lowest BCUT2D eigenvalue weighted by molar-refractivity contribution is 0.198. The fourth-order valence-corrected chi connectivity index (χ4v) is 4.10. The molecule has 4 rings (SSSR count). The molecule has 0 spiro atoms. The Morgan fingerprint density at radius 2 is 1.86 bits per heavy atom. The van der Waals surface area contributed by atoms with Crippen LogP contribution in [0.5, 0.6) is 5.75 Å². The van der Waals surface area contributed by atoms with Crippen LogP contribution in [0.1, 0.15) is 35.6 Å². The first-order chi connectivity index (χ1) is 14.2. The van der Waals surface area contributed by atoms with E-state index in [4.69, 9.17) is 9.72 Å². The van der Waals surface area contributed by atoms with E-state index in [-0.39, 0.29) is 6.61 Å². The number of hydrogen-bond donors (Lipinski definition) is 1. The highest BCUT2D eigenvalue weighted by Gasteiger charge is 2.22. The molecular weight excluding hydrogens is 360 g/mol. The molecule has 2 heterocycles. The van der Waals surface area contributed by atoms with Crippen molar-refractivity contribution in [2.24, 2.45) is 0 Å². The molecule has 1 unspecified atom stereocenters. The Morgan fingerprint density at radius 1 is 1.03 bits per heavy atom. The third-order valence-corrected chi connectivity index (χ3v) is 5.66. The van der Waals surface area contributed by atoms with Gasteiger partial charge in [-0.15, -0.1) is 0 Å². The molecule has 0 aliphatic carbocycles. The summed E-state index contributed by atoms with van der Waals surface area (Å²) in [7, 11) is 1.70. The molecular formula is C25H28N2O2. The van der Waals surface area contributed by atoms with Gasteiger partial charge in [-0.2, -0.15) is 0 Å². The average Bonchev–Trinajstić information content (AvgIpc) is 2.80. The highest BCUT2D eigenvalue weighted by molar-refractivity contribution is 5.60. The molecule has 0 radical (unpaired) electrons. The first-order valence-electron chi connectivity index (χ1n) is 10.3. The van der Waals surface area contributed by atoms with Crippen molar-refractivity contribution in [1.29, 1.82) is 0 Å². The van der Waals surface area contributed by atoms with E-state index in [0.717, 1.165) is 47.9 Å². The van der Waals surface area contributed by atoms with Crippen molar-refractivity contribution in [2.75, 3.05) is 20.2 Å². The predicted molar refractivity (Wildman–Crippen MR) is 116 cm³/mol. The molecule has 1 aliphatic rings. The van der Waals surface area contributed by atoms with Gasteiger partial charge in [0.25, 0.3) is 0 Å². The van der Waals surface area contributed by atoms with Gasteiger partial charge in [-0.3, -0.25) is 9.88 Å². The number of likely N-dealkylation sites (tertiary alicyclic amines) is 1. The zero-order valence-corrected chi connectivity index (χ0v) is 16.9. The van der Waals surface area contributed by atoms with Crippen LogP contribution in [-0.4, -0.2) is 35.2 Å². The SMILES string of the molecule is COc1ccc(CN2CCCC(c3cccc(-c4cccc(CO)c4)n3)C2)cc1. The van der Waals surface area contributed by atoms with E-state index in [1.165, 1.54) is 18.4 Å². The second-order valence-electron chi connectivity index (χ2n) is 7.73. The molecule has 1 aliphatic heterocycles. The van der Waals surface area contributed by atoms with Crippen molar-refractivity contribution in [3.8, 4) is 17.0 Å². The Hall–Kier alpha value is -2.69. The van der Waals surface area contributed by atoms with Crippen molar-refractivity contribution in [3.63, 3.8) is 0 Å². The number of aliphatic hydroxyl groups is 1. The summed E-state index contributed by atoms with van der Waals surface area (Å²) in [5.74, 6) is 1.35. The number of hydrogen-bond acceptors (Lipinski definition) is 4. The van der Waals surface area contributed by atoms with E-state index in [1.807, 2.05) is 30.3 Å². The van der Waals surface area contributed by atoms with Crippen LogP contribution in [0.4, 0.5) is 0 Å². The second-order valence-corrected chi connectivity index (χ2v) is 7.73. The number of aliphatic hydroxyl groups excluding tert-OH is 1. The van der Waals surface area contributed by atoms with E-state index < -0.39 is 0 Å². The van der Waals surface area contributed by atoms with Crippen LogP contribution >= 0.6 is 0 Å². The number of piperidine rings is 1. The van der Waals surface area contributed by atoms with Gasteiger partial charge in [0.2, 0.25) is 0 Å². The summed E-state index contributed by atoms with van der Waals surface area (Å²) < 4.78 is 5.26. The summed E-state index contributed by atoms with van der Waals surface area (Å²) in [4.78, 5) is 7.51. The molecule has 4 heteroatoms. The smallest absolute Gasteiger partial charge is 0.118 e. The van der Waals surface area contributed by atoms with Gasteiger partial charge in [-0.1, -0.05) is 36.4 Å². The lowest BCUT2D eigenvalue weighted by Crippen LogP contribution is -2.34. The number of methoxy groups -OCH3 is 1. The quantitative estimate of drug-likeness (QED) is 0.669. The van der Waals surface area contributed by atoms with Gasteiger partial charge in [0.1, 0.15) is 5.75 Å². The number of aromatic nitrogens is 1. The summed E-state index contributed by atoms with van der Waals surface area (Å²) in [6.45, 7) is 3.16. The molecule has 150 valence electrons. The predicted octanol–water partition coefficient (Wildman–Crippen LogP) is 4.63. The molecule has 0 amide bonds. The van der Waals surface area contributed by atoms with Crippen LogP contribution < -0.4 is 4.74 Å². The van der Waals surface area contributed by atoms with Crippen LogP contribution in [0.3, 0.4) is 0 Å². The van der Waals surface area contributed by atoms with E-state index in [2.05, 4.69) is 41.3 Å². The van der Waals surface area contributed by atoms with Crippen molar-refractivity contribution >= 4 is 0 Å². The summed E-state index contributed by atoms with van der Waals surface area (Å²) >= 11 is 0. The Kier molecular flexibility index (Phi) is 6.23. The standard InChI is InChI=1S/C25H28N2O2/c1-29-23-12-10-19(11-13-23)16-27-14-4-7-22(17-27)25-9-3-8-24(26-25)21-6-2-5-20(15-21)18-28/h2-3,5-6,8-13,15,22,28H,4,7,14,16-18H2,1H3. The van der Waals surface area contributed by atoms with E-state index in [1.54, 1.807) is 7.11 Å². The molecule has 29 heavy (non-hydrogen) atoms. The zero-order chi connectivity index (χ0) is 20.1. The van der Waals surface area contributed by atoms with Crippen LogP contribution in [0.15, 0.2) is 66.7 Å². The minimum absolute atomic E-state index is 0.0521. The monoisotopic (exact) mass is 388 g/mol. The van der Waals surface area contributed by atoms with Crippen LogP contribution in [0.2, 0.25) is 0 Å². The highest BCUT2D eigenvalue weighted by Crippen LogP contribution is 2.29. The molecule has 1 fully saturated rings. The largest absolute Gasteiger partial charge is 0.497 e. The fraction of sp³-hybridized carbons (Fsp3) is 0.320. The summed E-state index contributed by atoms with van der Waals surface area (Å²) in [5, 5.41) is 9.41. The third-order valence-electron chi connectivity index (χ3n) is 5.66. The van der Waals surface area contributed by atoms with Gasteiger partial charge in [-0.25, -0.2) is 0 Å². The number of ether oxygens (including phenoxy) is 1. The van der Waals surface area contributed by atoms with Gasteiger partial charge in [0.15, 0.2) is 0 Å². The molecule has 3 aromatic rings. The van der Waals surface area contributed by atoms with E-state index >= 15 is 0 Å². The van der Waals surface area contributed by atoms with Gasteiger partial charge < -0.3 is 9.84 Å². The lowest BCUT2D eigenvalue weighted by Gasteiger charge is -2.32. The first kappa shape index (κ1) is 19.6. The molecule has 1 atom stereocenters. The maximum absolute atomic E-state index is 9.41. The van der Waals surface area contributed by atoms with Gasteiger partial charge in [0.05, 0.1) is 19.4 Å². The molecule has 4 nitrogen and oxygen atoms in total. The molecule has 2 aromatic carbocycles. The molecule has 1 N–H and O–H groups in total. The van der Waals surface area contributed by atoms with Crippen LogP contribution in [0, 0.1) is 0 Å². The molecule has 0 bridgehead atoms. The van der Waals surface area contributed by atoms with E-state index in [9.17, 15) is 5.11 Å². The topological polar surface area (TPSA) is 45.6 Å². The summed E-state index contributed by atoms with van der Waals surface area (Å²) in [5.41, 5.74) is 5.43. The first-order valence-corrected chi connectivity index (χ1v) is 10.3. The van der Waals surface area contributed by atoms with Gasteiger partial charge >= 0.3 is 0 Å². The normalized spacial score (nSPS) is 17.2. The fourth-order valence-electron chi connectivity index (χ4n) is 4.10. The Morgan fingerprint density at radius 3 is 2.66 bits per heavy atom. The van der Waals surface area contributed by atoms with Gasteiger partial charge in [-0.05, 0) is 60.8 Å². The molecule has 1 aromatic heterocycles. The number of nitrogens with zero attached hydrogens (tertiary/aromatic N) is 2. The van der Waals surface area contributed by atoms with Gasteiger partial charge in [0, 0.05) is 30.3 Å². The lowest BCUT2D eigenvalue weighted by atomic mass is 9.93. The van der Waals surface area contributed by atoms with Crippen molar-refractivity contribution in [2.45, 2.75) is 31.9 Å².